The van der Waals surface area contributed by atoms with Gasteiger partial charge in [-0.1, -0.05) is 19.1 Å². The molecule has 2 nitrogen and oxygen atoms in total. The molecule has 1 heterocycles. The molecule has 5 rings (SSSR count). The number of quaternary nitrogens is 1. The molecule has 0 bridgehead atoms. The van der Waals surface area contributed by atoms with Gasteiger partial charge in [-0.25, -0.2) is 0 Å². The van der Waals surface area contributed by atoms with E-state index in [1.165, 1.54) is 51.6 Å². The molecule has 1 saturated heterocycles. The molecular formula is C26H43IN2. The first kappa shape index (κ1) is 22.3. The lowest BCUT2D eigenvalue weighted by Gasteiger charge is -2.57. The van der Waals surface area contributed by atoms with Crippen molar-refractivity contribution in [1.82, 2.24) is 4.90 Å². The van der Waals surface area contributed by atoms with Crippen molar-refractivity contribution in [3.05, 3.63) is 23.8 Å². The molecule has 29 heavy (non-hydrogen) atoms. The maximum atomic E-state index is 2.70. The van der Waals surface area contributed by atoms with Crippen molar-refractivity contribution in [1.29, 1.82) is 0 Å². The van der Waals surface area contributed by atoms with E-state index in [1.807, 2.05) is 0 Å². The van der Waals surface area contributed by atoms with Crippen LogP contribution in [0.15, 0.2) is 23.8 Å². The number of hydrogen-bond donors (Lipinski definition) is 0. The molecule has 0 unspecified atom stereocenters. The van der Waals surface area contributed by atoms with Gasteiger partial charge in [-0.2, -0.15) is 0 Å². The molecule has 3 fully saturated rings. The minimum Gasteiger partial charge on any atom is -1.00 e. The first-order valence-electron chi connectivity index (χ1n) is 12.2. The van der Waals surface area contributed by atoms with Crippen molar-refractivity contribution >= 4 is 0 Å². The number of halogens is 1. The summed E-state index contributed by atoms with van der Waals surface area (Å²) in [6.07, 6.45) is 16.7. The van der Waals surface area contributed by atoms with Gasteiger partial charge in [0.15, 0.2) is 0 Å². The predicted octanol–water partition coefficient (Wildman–Crippen LogP) is 2.12. The fourth-order valence-electron chi connectivity index (χ4n) is 8.73. The fourth-order valence-corrected chi connectivity index (χ4v) is 8.73. The highest BCUT2D eigenvalue weighted by Gasteiger charge is 2.63. The maximum Gasteiger partial charge on any atom is 0.108 e. The average Bonchev–Trinajstić information content (AvgIpc) is 3.15. The van der Waals surface area contributed by atoms with E-state index in [0.717, 1.165) is 34.2 Å². The van der Waals surface area contributed by atoms with Gasteiger partial charge in [0.25, 0.3) is 0 Å². The van der Waals surface area contributed by atoms with Crippen LogP contribution in [0.5, 0.6) is 0 Å². The van der Waals surface area contributed by atoms with Crippen LogP contribution in [0, 0.1) is 34.5 Å². The van der Waals surface area contributed by atoms with Crippen LogP contribution in [0.3, 0.4) is 0 Å². The molecule has 2 saturated carbocycles. The lowest BCUT2D eigenvalue weighted by molar-refractivity contribution is -0.907. The van der Waals surface area contributed by atoms with Crippen molar-refractivity contribution < 1.29 is 28.5 Å². The van der Waals surface area contributed by atoms with Crippen LogP contribution in [0.2, 0.25) is 0 Å². The fraction of sp³-hybridized carbons (Fsp3) is 0.846. The summed E-state index contributed by atoms with van der Waals surface area (Å²) in [5.41, 5.74) is 2.75. The second-order valence-corrected chi connectivity index (χ2v) is 12.0. The number of likely N-dealkylation sites (N-methyl/N-ethyl adjacent to an activating group) is 1. The summed E-state index contributed by atoms with van der Waals surface area (Å²) in [7, 11) is 7.22. The monoisotopic (exact) mass is 510 g/mol. The molecule has 8 atom stereocenters. The van der Waals surface area contributed by atoms with Gasteiger partial charge in [-0.3, -0.25) is 0 Å². The predicted molar refractivity (Wildman–Crippen MR) is 118 cm³/mol. The van der Waals surface area contributed by atoms with Gasteiger partial charge >= 0.3 is 0 Å². The van der Waals surface area contributed by atoms with Crippen molar-refractivity contribution in [2.24, 2.45) is 34.5 Å². The molecular weight excluding hydrogens is 467 g/mol. The van der Waals surface area contributed by atoms with Crippen LogP contribution in [-0.4, -0.2) is 55.7 Å². The maximum absolute atomic E-state index is 2.70. The Hall–Kier alpha value is 0.130. The van der Waals surface area contributed by atoms with Crippen LogP contribution in [0.1, 0.15) is 59.3 Å². The van der Waals surface area contributed by atoms with Gasteiger partial charge in [0.1, 0.15) is 6.04 Å². The zero-order valence-corrected chi connectivity index (χ0v) is 21.8. The quantitative estimate of drug-likeness (QED) is 0.407. The molecule has 0 radical (unpaired) electrons. The van der Waals surface area contributed by atoms with E-state index in [1.54, 1.807) is 5.57 Å². The normalized spacial score (nSPS) is 48.8. The van der Waals surface area contributed by atoms with Crippen molar-refractivity contribution in [3.8, 4) is 0 Å². The highest BCUT2D eigenvalue weighted by atomic mass is 127. The summed E-state index contributed by atoms with van der Waals surface area (Å²) < 4.78 is 1.14. The number of allylic oxidation sites excluding steroid dienone is 3. The highest BCUT2D eigenvalue weighted by molar-refractivity contribution is 5.36. The zero-order valence-electron chi connectivity index (χ0n) is 19.6. The SMILES string of the molecule is CC[N+](C)(C)[C@@H]1C=C2C=C[C@H]3[C@@H]4CC[C@@H]5[C@H](C)N(C)C[C@@]54CC[C@@H]3[C@@]2(C)CC1.[I-]. The number of nitrogens with zero attached hydrogens (tertiary/aromatic N) is 2. The lowest BCUT2D eigenvalue weighted by Crippen LogP contribution is -3.00. The minimum atomic E-state index is 0. The topological polar surface area (TPSA) is 3.24 Å². The van der Waals surface area contributed by atoms with Crippen LogP contribution in [0.4, 0.5) is 0 Å². The largest absolute Gasteiger partial charge is 1.00 e. The molecule has 0 amide bonds. The minimum absolute atomic E-state index is 0. The van der Waals surface area contributed by atoms with Crippen LogP contribution in [0.25, 0.3) is 0 Å². The van der Waals surface area contributed by atoms with Crippen molar-refractivity contribution in [3.63, 3.8) is 0 Å². The third kappa shape index (κ3) is 2.99. The molecule has 1 spiro atoms. The Labute approximate surface area is 196 Å². The summed E-state index contributed by atoms with van der Waals surface area (Å²) >= 11 is 0. The summed E-state index contributed by atoms with van der Waals surface area (Å²) in [5.74, 6) is 3.63. The summed E-state index contributed by atoms with van der Waals surface area (Å²) in [6.45, 7) is 10.1. The molecule has 0 aromatic carbocycles. The average molecular weight is 511 g/mol. The Morgan fingerprint density at radius 1 is 1.07 bits per heavy atom. The Kier molecular flexibility index (Phi) is 5.65. The first-order chi connectivity index (χ1) is 13.2. The molecule has 0 aromatic heterocycles. The Balaban J connectivity index is 0.00000205. The van der Waals surface area contributed by atoms with Gasteiger partial charge in [0.05, 0.1) is 20.6 Å². The smallest absolute Gasteiger partial charge is 0.108 e. The van der Waals surface area contributed by atoms with E-state index in [2.05, 4.69) is 65.0 Å². The molecule has 5 aliphatic rings. The van der Waals surface area contributed by atoms with E-state index in [4.69, 9.17) is 0 Å². The zero-order chi connectivity index (χ0) is 19.9. The number of likely N-dealkylation sites (tertiary alicyclic amines) is 1. The molecule has 3 heteroatoms. The molecule has 0 N–H and O–H groups in total. The van der Waals surface area contributed by atoms with Gasteiger partial charge in [-0.15, -0.1) is 0 Å². The van der Waals surface area contributed by atoms with Crippen LogP contribution in [-0.2, 0) is 0 Å². The van der Waals surface area contributed by atoms with E-state index in [-0.39, 0.29) is 24.0 Å². The Morgan fingerprint density at radius 3 is 2.52 bits per heavy atom. The second kappa shape index (κ2) is 7.33. The van der Waals surface area contributed by atoms with Crippen LogP contribution < -0.4 is 24.0 Å². The first-order valence-corrected chi connectivity index (χ1v) is 12.2. The lowest BCUT2D eigenvalue weighted by atomic mass is 9.48. The Bertz CT molecular complexity index is 711. The summed E-state index contributed by atoms with van der Waals surface area (Å²) in [6, 6.07) is 1.49. The third-order valence-electron chi connectivity index (χ3n) is 11.0. The molecule has 164 valence electrons. The van der Waals surface area contributed by atoms with Gasteiger partial charge in [-0.05, 0) is 99.1 Å². The number of fused-ring (bicyclic) bond motifs is 4. The van der Waals surface area contributed by atoms with E-state index >= 15 is 0 Å². The van der Waals surface area contributed by atoms with Gasteiger partial charge in [0.2, 0.25) is 0 Å². The van der Waals surface area contributed by atoms with Crippen molar-refractivity contribution in [2.45, 2.75) is 71.4 Å². The molecule has 0 aromatic rings. The number of hydrogen-bond acceptors (Lipinski definition) is 1. The number of rotatable bonds is 2. The second-order valence-electron chi connectivity index (χ2n) is 12.0. The molecule has 1 aliphatic heterocycles. The highest BCUT2D eigenvalue weighted by Crippen LogP contribution is 2.68. The van der Waals surface area contributed by atoms with Gasteiger partial charge in [0, 0.05) is 19.0 Å². The van der Waals surface area contributed by atoms with E-state index in [9.17, 15) is 0 Å². The van der Waals surface area contributed by atoms with Gasteiger partial charge < -0.3 is 33.4 Å². The van der Waals surface area contributed by atoms with E-state index in [0.29, 0.717) is 16.9 Å². The summed E-state index contributed by atoms with van der Waals surface area (Å²) in [5, 5.41) is 0. The molecule has 4 aliphatic carbocycles. The van der Waals surface area contributed by atoms with Crippen molar-refractivity contribution in [2.75, 3.05) is 34.2 Å². The Morgan fingerprint density at radius 2 is 1.79 bits per heavy atom. The standard InChI is InChI=1S/C26H43N2.HI/c1-7-28(5,6)20-12-14-25(3)19(16-20)8-9-21-23(25)13-15-26-17-27(4)18(2)22(26)10-11-24(21)26;/h8-9,16,18,20-24H,7,10-15,17H2,1-6H3;1H/q+1;/p-1/t18-,20-,21+,22+,23-,24-,25-,26-;/m0./s1. The summed E-state index contributed by atoms with van der Waals surface area (Å²) in [4.78, 5) is 2.69. The third-order valence-corrected chi connectivity index (χ3v) is 11.0. The van der Waals surface area contributed by atoms with E-state index < -0.39 is 0 Å². The van der Waals surface area contributed by atoms with Crippen LogP contribution >= 0.6 is 0 Å².